The number of alkyl halides is 3. The Morgan fingerprint density at radius 3 is 2.39 bits per heavy atom. The Morgan fingerprint density at radius 1 is 0.947 bits per heavy atom. The van der Waals surface area contributed by atoms with Gasteiger partial charge in [-0.2, -0.15) is 0 Å². The van der Waals surface area contributed by atoms with Crippen molar-refractivity contribution in [2.75, 3.05) is 10.6 Å². The van der Waals surface area contributed by atoms with Gasteiger partial charge in [0.25, 0.3) is 0 Å². The lowest BCUT2D eigenvalue weighted by molar-refractivity contribution is -0.274. The first-order valence-corrected chi connectivity index (χ1v) is 12.4. The smallest absolute Gasteiger partial charge is 0.406 e. The molecule has 2 unspecified atom stereocenters. The summed E-state index contributed by atoms with van der Waals surface area (Å²) in [7, 11) is 0. The van der Waals surface area contributed by atoms with Crippen molar-refractivity contribution in [1.29, 1.82) is 0 Å². The standard InChI is InChI=1S/C28H24F3N5O2/c29-28(30,31)38-21-13-11-20(12-14-21)36-16-32-26(35-36)18-7-9-19(10-8-18)33-27(37)34-25-4-2-1-3-22(25)24-15-23(24)17-5-6-17/h1-4,7-14,16-17,23-24H,5-6,15H2,(H2,33,34,37). The molecule has 0 radical (unpaired) electrons. The largest absolute Gasteiger partial charge is 0.573 e. The first-order valence-electron chi connectivity index (χ1n) is 12.4. The van der Waals surface area contributed by atoms with Crippen LogP contribution in [-0.2, 0) is 0 Å². The quantitative estimate of drug-likeness (QED) is 0.276. The van der Waals surface area contributed by atoms with E-state index in [2.05, 4.69) is 31.5 Å². The topological polar surface area (TPSA) is 81.1 Å². The molecule has 2 atom stereocenters. The number of carbonyl (C=O) groups is 1. The van der Waals surface area contributed by atoms with Gasteiger partial charge in [-0.1, -0.05) is 18.2 Å². The van der Waals surface area contributed by atoms with Crippen LogP contribution in [-0.4, -0.2) is 27.2 Å². The van der Waals surface area contributed by atoms with Crippen LogP contribution < -0.4 is 15.4 Å². The number of para-hydroxylation sites is 1. The van der Waals surface area contributed by atoms with Gasteiger partial charge in [-0.05, 0) is 97.2 Å². The highest BCUT2D eigenvalue weighted by molar-refractivity contribution is 6.00. The van der Waals surface area contributed by atoms with E-state index in [-0.39, 0.29) is 11.8 Å². The van der Waals surface area contributed by atoms with E-state index in [0.29, 0.717) is 23.1 Å². The van der Waals surface area contributed by atoms with Gasteiger partial charge in [-0.3, -0.25) is 0 Å². The maximum atomic E-state index is 12.7. The maximum Gasteiger partial charge on any atom is 0.573 e. The summed E-state index contributed by atoms with van der Waals surface area (Å²) in [6.45, 7) is 0. The number of rotatable bonds is 7. The molecule has 2 fully saturated rings. The predicted octanol–water partition coefficient (Wildman–Crippen LogP) is 6.99. The molecule has 0 aliphatic heterocycles. The first-order chi connectivity index (χ1) is 18.3. The van der Waals surface area contributed by atoms with Gasteiger partial charge in [0.1, 0.15) is 12.1 Å². The minimum atomic E-state index is -4.75. The minimum Gasteiger partial charge on any atom is -0.406 e. The first kappa shape index (κ1) is 24.0. The average Bonchev–Trinajstić information content (AvgIpc) is 3.81. The van der Waals surface area contributed by atoms with E-state index >= 15 is 0 Å². The van der Waals surface area contributed by atoms with Gasteiger partial charge in [0.05, 0.1) is 5.69 Å². The van der Waals surface area contributed by atoms with Gasteiger partial charge in [0.2, 0.25) is 0 Å². The summed E-state index contributed by atoms with van der Waals surface area (Å²) >= 11 is 0. The van der Waals surface area contributed by atoms with E-state index in [1.807, 2.05) is 18.2 Å². The zero-order valence-electron chi connectivity index (χ0n) is 20.2. The summed E-state index contributed by atoms with van der Waals surface area (Å²) < 4.78 is 42.4. The predicted molar refractivity (Wildman–Crippen MR) is 136 cm³/mol. The Labute approximate surface area is 216 Å². The third kappa shape index (κ3) is 5.49. The number of hydrogen-bond donors (Lipinski definition) is 2. The van der Waals surface area contributed by atoms with Crippen molar-refractivity contribution in [2.45, 2.75) is 31.5 Å². The van der Waals surface area contributed by atoms with Crippen molar-refractivity contribution in [3.63, 3.8) is 0 Å². The Morgan fingerprint density at radius 2 is 1.68 bits per heavy atom. The van der Waals surface area contributed by atoms with Crippen LogP contribution in [0, 0.1) is 11.8 Å². The molecular formula is C28H24F3N5O2. The molecule has 1 heterocycles. The maximum absolute atomic E-state index is 12.7. The molecule has 0 bridgehead atoms. The van der Waals surface area contributed by atoms with Crippen molar-refractivity contribution in [1.82, 2.24) is 14.8 Å². The normalized spacial score (nSPS) is 18.6. The van der Waals surface area contributed by atoms with Crippen LogP contribution in [0.5, 0.6) is 5.75 Å². The van der Waals surface area contributed by atoms with E-state index in [0.717, 1.165) is 23.1 Å². The van der Waals surface area contributed by atoms with Crippen LogP contribution in [0.15, 0.2) is 79.1 Å². The van der Waals surface area contributed by atoms with Crippen LogP contribution >= 0.6 is 0 Å². The summed E-state index contributed by atoms with van der Waals surface area (Å²) in [4.78, 5) is 17.0. The number of carbonyl (C=O) groups excluding carboxylic acids is 1. The fourth-order valence-electron chi connectivity index (χ4n) is 4.86. The van der Waals surface area contributed by atoms with Crippen LogP contribution in [0.4, 0.5) is 29.3 Å². The van der Waals surface area contributed by atoms with Crippen molar-refractivity contribution < 1.29 is 22.7 Å². The molecule has 2 amide bonds. The van der Waals surface area contributed by atoms with Crippen molar-refractivity contribution in [3.8, 4) is 22.8 Å². The summed E-state index contributed by atoms with van der Waals surface area (Å²) in [5, 5.41) is 10.3. The van der Waals surface area contributed by atoms with Crippen LogP contribution in [0.2, 0.25) is 0 Å². The third-order valence-corrected chi connectivity index (χ3v) is 6.90. The lowest BCUT2D eigenvalue weighted by Crippen LogP contribution is -2.20. The highest BCUT2D eigenvalue weighted by Gasteiger charge is 2.48. The Kier molecular flexibility index (Phi) is 6.01. The molecule has 6 rings (SSSR count). The summed E-state index contributed by atoms with van der Waals surface area (Å²) in [6.07, 6.45) is 0.589. The lowest BCUT2D eigenvalue weighted by atomic mass is 10.1. The summed E-state index contributed by atoms with van der Waals surface area (Å²) in [5.41, 5.74) is 3.92. The van der Waals surface area contributed by atoms with Gasteiger partial charge in [0.15, 0.2) is 5.82 Å². The number of aromatic nitrogens is 3. The lowest BCUT2D eigenvalue weighted by Gasteiger charge is -2.12. The highest BCUT2D eigenvalue weighted by atomic mass is 19.4. The molecular weight excluding hydrogens is 495 g/mol. The summed E-state index contributed by atoms with van der Waals surface area (Å²) in [6, 6.07) is 20.1. The minimum absolute atomic E-state index is 0.311. The second kappa shape index (κ2) is 9.51. The van der Waals surface area contributed by atoms with Crippen molar-refractivity contribution >= 4 is 17.4 Å². The van der Waals surface area contributed by atoms with E-state index < -0.39 is 6.36 Å². The van der Waals surface area contributed by atoms with E-state index in [1.54, 1.807) is 24.3 Å². The highest BCUT2D eigenvalue weighted by Crippen LogP contribution is 2.60. The molecule has 2 saturated carbocycles. The number of anilines is 2. The number of amides is 2. The monoisotopic (exact) mass is 519 g/mol. The molecule has 10 heteroatoms. The van der Waals surface area contributed by atoms with Crippen molar-refractivity contribution in [2.24, 2.45) is 11.8 Å². The molecule has 1 aromatic heterocycles. The Balaban J connectivity index is 1.08. The number of nitrogens with one attached hydrogen (secondary N) is 2. The van der Waals surface area contributed by atoms with Crippen LogP contribution in [0.1, 0.15) is 30.7 Å². The van der Waals surface area contributed by atoms with Crippen LogP contribution in [0.3, 0.4) is 0 Å². The van der Waals surface area contributed by atoms with Gasteiger partial charge in [0, 0.05) is 16.9 Å². The Hall–Kier alpha value is -4.34. The number of hydrogen-bond acceptors (Lipinski definition) is 4. The summed E-state index contributed by atoms with van der Waals surface area (Å²) in [5.74, 6) is 2.28. The molecule has 38 heavy (non-hydrogen) atoms. The number of halogens is 3. The van der Waals surface area contributed by atoms with Crippen LogP contribution in [0.25, 0.3) is 17.1 Å². The second-order valence-corrected chi connectivity index (χ2v) is 9.64. The van der Waals surface area contributed by atoms with E-state index in [4.69, 9.17) is 0 Å². The van der Waals surface area contributed by atoms with Gasteiger partial charge < -0.3 is 15.4 Å². The fourth-order valence-corrected chi connectivity index (χ4v) is 4.86. The van der Waals surface area contributed by atoms with Gasteiger partial charge in [-0.25, -0.2) is 14.5 Å². The number of urea groups is 1. The number of nitrogens with zero attached hydrogens (tertiary/aromatic N) is 3. The van der Waals surface area contributed by atoms with E-state index in [1.165, 1.54) is 60.1 Å². The van der Waals surface area contributed by atoms with E-state index in [9.17, 15) is 18.0 Å². The molecule has 0 spiro atoms. The average molecular weight is 520 g/mol. The molecule has 0 saturated heterocycles. The molecule has 194 valence electrons. The zero-order chi connectivity index (χ0) is 26.3. The third-order valence-electron chi connectivity index (χ3n) is 6.90. The Bertz CT molecular complexity index is 1450. The van der Waals surface area contributed by atoms with Gasteiger partial charge in [-0.15, -0.1) is 18.3 Å². The number of benzene rings is 3. The fraction of sp³-hybridized carbons (Fsp3) is 0.250. The number of ether oxygens (including phenoxy) is 1. The molecule has 3 aromatic carbocycles. The molecule has 7 nitrogen and oxygen atoms in total. The zero-order valence-corrected chi connectivity index (χ0v) is 20.2. The SMILES string of the molecule is O=C(Nc1ccc(-c2ncn(-c3ccc(OC(F)(F)F)cc3)n2)cc1)Nc1ccccc1C1CC1C1CC1. The van der Waals surface area contributed by atoms with Crippen molar-refractivity contribution in [3.05, 3.63) is 84.7 Å². The molecule has 2 aliphatic carbocycles. The second-order valence-electron chi connectivity index (χ2n) is 9.64. The molecule has 4 aromatic rings. The molecule has 2 N–H and O–H groups in total. The van der Waals surface area contributed by atoms with Gasteiger partial charge >= 0.3 is 12.4 Å². The molecule has 2 aliphatic rings.